The van der Waals surface area contributed by atoms with Crippen molar-refractivity contribution in [2.24, 2.45) is 4.58 Å². The molecule has 0 rings (SSSR count). The summed E-state index contributed by atoms with van der Waals surface area (Å²) in [7, 11) is -4.28. The zero-order chi connectivity index (χ0) is 5.91. The van der Waals surface area contributed by atoms with Crippen LogP contribution in [0.15, 0.2) is 4.58 Å². The first-order chi connectivity index (χ1) is 3.12. The van der Waals surface area contributed by atoms with E-state index in [4.69, 9.17) is 10.2 Å². The van der Waals surface area contributed by atoms with E-state index in [1.54, 1.807) is 0 Å². The molecule has 0 aliphatic carbocycles. The van der Waals surface area contributed by atoms with Gasteiger partial charge in [0.15, 0.2) is 0 Å². The second-order valence-electron chi connectivity index (χ2n) is 0.641. The van der Waals surface area contributed by atoms with Crippen molar-refractivity contribution in [3.8, 4) is 5.40 Å². The minimum absolute atomic E-state index is 0.684. The van der Waals surface area contributed by atoms with Crippen molar-refractivity contribution < 1.29 is 8.42 Å². The molecule has 6 heteroatoms. The van der Waals surface area contributed by atoms with Crippen molar-refractivity contribution in [1.29, 1.82) is 5.26 Å². The lowest BCUT2D eigenvalue weighted by Gasteiger charge is -1.64. The molecule has 0 radical (unpaired) electrons. The Kier molecular flexibility index (Phi) is 1.43. The topological polar surface area (TPSA) is 87.4 Å². The van der Waals surface area contributed by atoms with Crippen LogP contribution in [0.5, 0.6) is 0 Å². The zero-order valence-electron chi connectivity index (χ0n) is 3.03. The van der Waals surface area contributed by atoms with Gasteiger partial charge in [-0.1, -0.05) is 0 Å². The van der Waals surface area contributed by atoms with E-state index in [0.29, 0.717) is 5.40 Å². The monoisotopic (exact) mass is 120 g/mol. The molecule has 0 aliphatic rings. The lowest BCUT2D eigenvalue weighted by atomic mass is 11.8. The number of nitroso groups, excluding NO2 is 1. The highest BCUT2D eigenvalue weighted by atomic mass is 32.2. The SMILES string of the molecule is N#CS(=O)(=O)N=O. The molecule has 0 unspecified atom stereocenters. The van der Waals surface area contributed by atoms with Gasteiger partial charge in [0.25, 0.3) is 0 Å². The summed E-state index contributed by atoms with van der Waals surface area (Å²) in [5, 5.41) is 8.15. The van der Waals surface area contributed by atoms with Crippen LogP contribution in [-0.4, -0.2) is 8.42 Å². The second-order valence-corrected chi connectivity index (χ2v) is 1.92. The first-order valence-corrected chi connectivity index (χ1v) is 2.57. The van der Waals surface area contributed by atoms with Crippen LogP contribution in [0.4, 0.5) is 0 Å². The Morgan fingerprint density at radius 1 is 1.57 bits per heavy atom. The molecule has 0 saturated carbocycles. The van der Waals surface area contributed by atoms with Gasteiger partial charge >= 0.3 is 10.0 Å². The van der Waals surface area contributed by atoms with E-state index in [1.807, 2.05) is 0 Å². The van der Waals surface area contributed by atoms with Crippen molar-refractivity contribution in [3.05, 3.63) is 4.91 Å². The van der Waals surface area contributed by atoms with E-state index in [-0.39, 0.29) is 0 Å². The van der Waals surface area contributed by atoms with Crippen molar-refractivity contribution in [1.82, 2.24) is 0 Å². The molecule has 5 nitrogen and oxygen atoms in total. The number of hydrogen-bond donors (Lipinski definition) is 0. The molecule has 0 aromatic heterocycles. The highest BCUT2D eigenvalue weighted by Gasteiger charge is 2.03. The van der Waals surface area contributed by atoms with E-state index in [0.717, 1.165) is 0 Å². The molecule has 0 saturated heterocycles. The molecule has 0 aromatic carbocycles. The van der Waals surface area contributed by atoms with Crippen molar-refractivity contribution in [3.63, 3.8) is 0 Å². The Labute approximate surface area is 39.6 Å². The molecule has 0 heterocycles. The summed E-state index contributed by atoms with van der Waals surface area (Å²) in [6.07, 6.45) is 0. The van der Waals surface area contributed by atoms with Crippen LogP contribution in [-0.2, 0) is 10.0 Å². The zero-order valence-corrected chi connectivity index (χ0v) is 3.84. The third-order valence-corrected chi connectivity index (χ3v) is 0.640. The highest BCUT2D eigenvalue weighted by Crippen LogP contribution is 1.82. The van der Waals surface area contributed by atoms with E-state index < -0.39 is 10.0 Å². The van der Waals surface area contributed by atoms with Gasteiger partial charge in [-0.05, 0) is 0 Å². The summed E-state index contributed by atoms with van der Waals surface area (Å²) >= 11 is 0. The third kappa shape index (κ3) is 1.83. The maximum atomic E-state index is 9.53. The van der Waals surface area contributed by atoms with Gasteiger partial charge in [0.2, 0.25) is 5.40 Å². The van der Waals surface area contributed by atoms with E-state index in [2.05, 4.69) is 0 Å². The first-order valence-electron chi connectivity index (χ1n) is 1.13. The number of rotatable bonds is 1. The Morgan fingerprint density at radius 3 is 2.00 bits per heavy atom. The fraction of sp³-hybridized carbons (Fsp3) is 0. The number of nitriles is 1. The Morgan fingerprint density at radius 2 is 2.00 bits per heavy atom. The molecule has 0 fully saturated rings. The number of sulfonamides is 1. The van der Waals surface area contributed by atoms with Gasteiger partial charge < -0.3 is 0 Å². The molecular formula is CN2O3S. The summed E-state index contributed by atoms with van der Waals surface area (Å²) in [6, 6.07) is 0. The lowest BCUT2D eigenvalue weighted by molar-refractivity contribution is 0.607. The average molecular weight is 120 g/mol. The summed E-state index contributed by atoms with van der Waals surface area (Å²) in [4.78, 5) is 9.00. The van der Waals surface area contributed by atoms with Crippen LogP contribution < -0.4 is 0 Å². The number of thiocyanates is 1. The predicted octanol–water partition coefficient (Wildman–Crippen LogP) is -0.436. The summed E-state index contributed by atoms with van der Waals surface area (Å²) in [6.45, 7) is 0. The normalized spacial score (nSPS) is 9.57. The molecule has 0 aromatic rings. The molecule has 0 spiro atoms. The quantitative estimate of drug-likeness (QED) is 0.266. The van der Waals surface area contributed by atoms with E-state index >= 15 is 0 Å². The van der Waals surface area contributed by atoms with Crippen LogP contribution in [0, 0.1) is 15.6 Å². The van der Waals surface area contributed by atoms with Crippen LogP contribution in [0.25, 0.3) is 0 Å². The number of nitrogens with zero attached hydrogens (tertiary/aromatic N) is 2. The Bertz CT molecular complexity index is 195. The molecule has 0 amide bonds. The van der Waals surface area contributed by atoms with Crippen LogP contribution >= 0.6 is 0 Å². The Hall–Kier alpha value is -0.960. The van der Waals surface area contributed by atoms with Gasteiger partial charge in [-0.15, -0.1) is 4.91 Å². The maximum absolute atomic E-state index is 9.53. The van der Waals surface area contributed by atoms with Crippen molar-refractivity contribution in [2.75, 3.05) is 0 Å². The van der Waals surface area contributed by atoms with Crippen LogP contribution in [0.1, 0.15) is 0 Å². The molecule has 7 heavy (non-hydrogen) atoms. The minimum Gasteiger partial charge on any atom is -0.185 e. The molecule has 38 valence electrons. The Balaban J connectivity index is 4.62. The van der Waals surface area contributed by atoms with E-state index in [9.17, 15) is 8.42 Å². The largest absolute Gasteiger partial charge is 0.381 e. The molecule has 0 aliphatic heterocycles. The summed E-state index contributed by atoms with van der Waals surface area (Å²) in [5.41, 5.74) is 0. The predicted molar refractivity (Wildman–Crippen MR) is 20.3 cm³/mol. The maximum Gasteiger partial charge on any atom is 0.381 e. The van der Waals surface area contributed by atoms with Crippen molar-refractivity contribution >= 4 is 10.0 Å². The number of hydrogen-bond acceptors (Lipinski definition) is 4. The van der Waals surface area contributed by atoms with Gasteiger partial charge in [-0.25, -0.2) is 0 Å². The van der Waals surface area contributed by atoms with Gasteiger partial charge in [0, 0.05) is 0 Å². The summed E-state index contributed by atoms with van der Waals surface area (Å²) < 4.78 is 20.6. The van der Waals surface area contributed by atoms with Gasteiger partial charge in [-0.2, -0.15) is 13.7 Å². The van der Waals surface area contributed by atoms with Gasteiger partial charge in [-0.3, -0.25) is 0 Å². The van der Waals surface area contributed by atoms with Gasteiger partial charge in [0.05, 0.1) is 4.58 Å². The van der Waals surface area contributed by atoms with Gasteiger partial charge in [0.1, 0.15) is 0 Å². The second kappa shape index (κ2) is 1.66. The minimum atomic E-state index is -4.28. The van der Waals surface area contributed by atoms with E-state index in [1.165, 1.54) is 4.58 Å². The summed E-state index contributed by atoms with van der Waals surface area (Å²) in [5.74, 6) is 0. The fourth-order valence-electron chi connectivity index (χ4n) is 0.0167. The average Bonchev–Trinajstić information content (AvgIpc) is 1.68. The first kappa shape index (κ1) is 6.04. The van der Waals surface area contributed by atoms with Crippen LogP contribution in [0.3, 0.4) is 0 Å². The molecule has 0 bridgehead atoms. The lowest BCUT2D eigenvalue weighted by Crippen LogP contribution is -1.84. The molecular weight excluding hydrogens is 120 g/mol. The van der Waals surface area contributed by atoms with Crippen LogP contribution in [0.2, 0.25) is 0 Å². The standard InChI is InChI=1S/CN2O3S/c2-1-7(5,6)3-4. The molecule has 0 atom stereocenters. The third-order valence-electron chi connectivity index (χ3n) is 0.213. The fourth-order valence-corrected chi connectivity index (χ4v) is 0.0500. The van der Waals surface area contributed by atoms with Crippen molar-refractivity contribution in [2.45, 2.75) is 0 Å². The molecule has 0 N–H and O–H groups in total. The smallest absolute Gasteiger partial charge is 0.185 e. The highest BCUT2D eigenvalue weighted by molar-refractivity contribution is 7.94.